The van der Waals surface area contributed by atoms with Gasteiger partial charge in [-0.2, -0.15) is 0 Å². The molecule has 0 radical (unpaired) electrons. The Bertz CT molecular complexity index is 351. The largest absolute Gasteiger partial charge is 0.468 e. The smallest absolute Gasteiger partial charge is 0.122 e. The fraction of sp³-hybridized carbons (Fsp3) is 0.750. The molecule has 1 saturated carbocycles. The third-order valence-corrected chi connectivity index (χ3v) is 4.64. The van der Waals surface area contributed by atoms with E-state index in [1.165, 1.54) is 25.7 Å². The molecule has 0 bridgehead atoms. The van der Waals surface area contributed by atoms with Gasteiger partial charge in [0.2, 0.25) is 0 Å². The summed E-state index contributed by atoms with van der Waals surface area (Å²) in [7, 11) is 0. The second-order valence-corrected chi connectivity index (χ2v) is 5.49. The van der Waals surface area contributed by atoms with Crippen LogP contribution in [0.4, 0.5) is 0 Å². The summed E-state index contributed by atoms with van der Waals surface area (Å²) < 4.78 is 5.74. The summed E-state index contributed by atoms with van der Waals surface area (Å²) >= 11 is 0. The van der Waals surface area contributed by atoms with Crippen molar-refractivity contribution in [2.75, 3.05) is 19.6 Å². The van der Waals surface area contributed by atoms with Crippen LogP contribution in [-0.2, 0) is 0 Å². The first kappa shape index (κ1) is 14.6. The molecule has 3 nitrogen and oxygen atoms in total. The van der Waals surface area contributed by atoms with Gasteiger partial charge >= 0.3 is 0 Å². The standard InChI is InChI=1S/C16H28N2O/c1-4-17-15(14-10-9-13-19-14)16(11-7-8-12-16)18(5-2)6-3/h9-10,13,15,17H,4-8,11-12H2,1-3H3. The molecule has 1 unspecified atom stereocenters. The van der Waals surface area contributed by atoms with Crippen molar-refractivity contribution in [2.45, 2.75) is 58.0 Å². The SMILES string of the molecule is CCNC(c1ccco1)C1(N(CC)CC)CCCC1. The van der Waals surface area contributed by atoms with Crippen LogP contribution < -0.4 is 5.32 Å². The van der Waals surface area contributed by atoms with Crippen LogP contribution in [0.5, 0.6) is 0 Å². The van der Waals surface area contributed by atoms with E-state index in [0.29, 0.717) is 6.04 Å². The number of furan rings is 1. The lowest BCUT2D eigenvalue weighted by molar-refractivity contribution is 0.0549. The van der Waals surface area contributed by atoms with Gasteiger partial charge in [-0.15, -0.1) is 0 Å². The third-order valence-electron chi connectivity index (χ3n) is 4.64. The van der Waals surface area contributed by atoms with E-state index in [2.05, 4.69) is 37.1 Å². The van der Waals surface area contributed by atoms with Crippen molar-refractivity contribution in [3.8, 4) is 0 Å². The molecule has 0 aliphatic heterocycles. The van der Waals surface area contributed by atoms with E-state index in [1.54, 1.807) is 6.26 Å². The van der Waals surface area contributed by atoms with Crippen molar-refractivity contribution < 1.29 is 4.42 Å². The zero-order chi connectivity index (χ0) is 13.7. The Morgan fingerprint density at radius 3 is 2.42 bits per heavy atom. The molecule has 19 heavy (non-hydrogen) atoms. The summed E-state index contributed by atoms with van der Waals surface area (Å²) in [5.74, 6) is 1.09. The molecule has 1 aromatic rings. The summed E-state index contributed by atoms with van der Waals surface area (Å²) in [5, 5.41) is 3.68. The Morgan fingerprint density at radius 2 is 1.95 bits per heavy atom. The van der Waals surface area contributed by atoms with Gasteiger partial charge in [0.05, 0.1) is 12.3 Å². The molecule has 1 N–H and O–H groups in total. The van der Waals surface area contributed by atoms with E-state index >= 15 is 0 Å². The van der Waals surface area contributed by atoms with Gasteiger partial charge in [-0.05, 0) is 44.6 Å². The van der Waals surface area contributed by atoms with Crippen molar-refractivity contribution in [3.05, 3.63) is 24.2 Å². The number of hydrogen-bond donors (Lipinski definition) is 1. The highest BCUT2D eigenvalue weighted by atomic mass is 16.3. The molecule has 1 fully saturated rings. The summed E-state index contributed by atoms with van der Waals surface area (Å²) in [4.78, 5) is 2.63. The molecule has 0 spiro atoms. The van der Waals surface area contributed by atoms with Gasteiger partial charge < -0.3 is 9.73 Å². The zero-order valence-electron chi connectivity index (χ0n) is 12.6. The number of nitrogens with one attached hydrogen (secondary N) is 1. The van der Waals surface area contributed by atoms with Gasteiger partial charge in [0.1, 0.15) is 5.76 Å². The molecule has 0 aromatic carbocycles. The van der Waals surface area contributed by atoms with Crippen LogP contribution in [-0.4, -0.2) is 30.1 Å². The second-order valence-electron chi connectivity index (χ2n) is 5.49. The van der Waals surface area contributed by atoms with Crippen LogP contribution in [0.2, 0.25) is 0 Å². The van der Waals surface area contributed by atoms with E-state index < -0.39 is 0 Å². The van der Waals surface area contributed by atoms with Gasteiger partial charge in [-0.3, -0.25) is 4.90 Å². The predicted molar refractivity (Wildman–Crippen MR) is 79.2 cm³/mol. The highest BCUT2D eigenvalue weighted by Crippen LogP contribution is 2.44. The maximum atomic E-state index is 5.74. The fourth-order valence-electron chi connectivity index (χ4n) is 3.84. The lowest BCUT2D eigenvalue weighted by Gasteiger charge is -2.45. The lowest BCUT2D eigenvalue weighted by atomic mass is 9.84. The summed E-state index contributed by atoms with van der Waals surface area (Å²) in [5.41, 5.74) is 0.233. The average molecular weight is 264 g/mol. The van der Waals surface area contributed by atoms with Gasteiger partial charge in [-0.25, -0.2) is 0 Å². The second kappa shape index (κ2) is 6.58. The topological polar surface area (TPSA) is 28.4 Å². The van der Waals surface area contributed by atoms with E-state index in [-0.39, 0.29) is 5.54 Å². The van der Waals surface area contributed by atoms with Crippen LogP contribution in [0.25, 0.3) is 0 Å². The minimum atomic E-state index is 0.233. The average Bonchev–Trinajstić information content (AvgIpc) is 3.09. The predicted octanol–water partition coefficient (Wildman–Crippen LogP) is 3.58. The summed E-state index contributed by atoms with van der Waals surface area (Å²) in [6, 6.07) is 4.44. The highest BCUT2D eigenvalue weighted by molar-refractivity contribution is 5.15. The molecular formula is C16H28N2O. The van der Waals surface area contributed by atoms with Crippen LogP contribution in [0.1, 0.15) is 58.3 Å². The quantitative estimate of drug-likeness (QED) is 0.816. The van der Waals surface area contributed by atoms with Crippen LogP contribution in [0.3, 0.4) is 0 Å². The molecule has 2 rings (SSSR count). The van der Waals surface area contributed by atoms with Gasteiger partial charge in [0, 0.05) is 5.54 Å². The first-order chi connectivity index (χ1) is 9.28. The molecule has 1 heterocycles. The number of likely N-dealkylation sites (N-methyl/N-ethyl adjacent to an activating group) is 2. The lowest BCUT2D eigenvalue weighted by Crippen LogP contribution is -2.54. The van der Waals surface area contributed by atoms with E-state index in [4.69, 9.17) is 4.42 Å². The van der Waals surface area contributed by atoms with Crippen LogP contribution >= 0.6 is 0 Å². The molecule has 1 atom stereocenters. The monoisotopic (exact) mass is 264 g/mol. The van der Waals surface area contributed by atoms with Gasteiger partial charge in [0.15, 0.2) is 0 Å². The van der Waals surface area contributed by atoms with E-state index in [0.717, 1.165) is 25.4 Å². The van der Waals surface area contributed by atoms with Crippen molar-refractivity contribution in [2.24, 2.45) is 0 Å². The van der Waals surface area contributed by atoms with Crippen LogP contribution in [0, 0.1) is 0 Å². The molecular weight excluding hydrogens is 236 g/mol. The van der Waals surface area contributed by atoms with Crippen molar-refractivity contribution in [1.29, 1.82) is 0 Å². The van der Waals surface area contributed by atoms with Crippen LogP contribution in [0.15, 0.2) is 22.8 Å². The Morgan fingerprint density at radius 1 is 1.26 bits per heavy atom. The molecule has 0 amide bonds. The maximum Gasteiger partial charge on any atom is 0.122 e. The van der Waals surface area contributed by atoms with Crippen molar-refractivity contribution in [3.63, 3.8) is 0 Å². The Hall–Kier alpha value is -0.800. The molecule has 3 heteroatoms. The molecule has 1 aliphatic rings. The number of rotatable bonds is 7. The summed E-state index contributed by atoms with van der Waals surface area (Å²) in [6.07, 6.45) is 7.00. The third kappa shape index (κ3) is 2.72. The molecule has 0 saturated heterocycles. The summed E-state index contributed by atoms with van der Waals surface area (Å²) in [6.45, 7) is 9.93. The normalized spacial score (nSPS) is 20.0. The minimum Gasteiger partial charge on any atom is -0.468 e. The highest BCUT2D eigenvalue weighted by Gasteiger charge is 2.46. The Labute approximate surface area is 117 Å². The number of nitrogens with zero attached hydrogens (tertiary/aromatic N) is 1. The molecule has 1 aliphatic carbocycles. The Balaban J connectivity index is 2.34. The fourth-order valence-corrected chi connectivity index (χ4v) is 3.84. The van der Waals surface area contributed by atoms with Gasteiger partial charge in [-0.1, -0.05) is 33.6 Å². The Kier molecular flexibility index (Phi) is 5.06. The van der Waals surface area contributed by atoms with E-state index in [9.17, 15) is 0 Å². The molecule has 1 aromatic heterocycles. The number of hydrogen-bond acceptors (Lipinski definition) is 3. The van der Waals surface area contributed by atoms with Crippen molar-refractivity contribution in [1.82, 2.24) is 10.2 Å². The molecule has 108 valence electrons. The first-order valence-corrected chi connectivity index (χ1v) is 7.80. The maximum absolute atomic E-state index is 5.74. The van der Waals surface area contributed by atoms with Crippen molar-refractivity contribution >= 4 is 0 Å². The minimum absolute atomic E-state index is 0.233. The first-order valence-electron chi connectivity index (χ1n) is 7.80. The zero-order valence-corrected chi connectivity index (χ0v) is 12.6. The van der Waals surface area contributed by atoms with Gasteiger partial charge in [0.25, 0.3) is 0 Å². The van der Waals surface area contributed by atoms with E-state index in [1.807, 2.05) is 6.07 Å².